The third-order valence-electron chi connectivity index (χ3n) is 13.2. The number of benzene rings is 2. The Morgan fingerprint density at radius 1 is 0.802 bits per heavy atom. The van der Waals surface area contributed by atoms with Gasteiger partial charge in [0.05, 0.1) is 107 Å². The van der Waals surface area contributed by atoms with Gasteiger partial charge in [0.1, 0.15) is 25.2 Å². The van der Waals surface area contributed by atoms with Crippen LogP contribution in [0, 0.1) is 12.7 Å². The van der Waals surface area contributed by atoms with Gasteiger partial charge in [0.15, 0.2) is 5.60 Å². The summed E-state index contributed by atoms with van der Waals surface area (Å²) < 4.78 is 72.1. The zero-order valence-electron chi connectivity index (χ0n) is 44.4. The van der Waals surface area contributed by atoms with E-state index in [2.05, 4.69) is 36.3 Å². The van der Waals surface area contributed by atoms with E-state index in [9.17, 15) is 61.1 Å². The molecule has 0 fully saturated rings. The number of fused-ring (bicyclic) bond motifs is 5. The van der Waals surface area contributed by atoms with Gasteiger partial charge in [0.25, 0.3) is 17.4 Å². The topological polar surface area (TPSA) is 347 Å². The molecule has 7 amide bonds. The molecule has 434 valence electrons. The van der Waals surface area contributed by atoms with Crippen LogP contribution in [0.25, 0.3) is 22.3 Å². The Labute approximate surface area is 463 Å². The van der Waals surface area contributed by atoms with Gasteiger partial charge in [-0.1, -0.05) is 37.3 Å². The first-order chi connectivity index (χ1) is 38.8. The number of aryl methyl sites for hydroxylation is 1. The fourth-order valence-corrected chi connectivity index (χ4v) is 9.65. The molecule has 2 aromatic heterocycles. The molecule has 81 heavy (non-hydrogen) atoms. The van der Waals surface area contributed by atoms with Gasteiger partial charge in [0.2, 0.25) is 39.6 Å². The Morgan fingerprint density at radius 3 is 2.17 bits per heavy atom. The molecule has 3 aliphatic rings. The minimum Gasteiger partial charge on any atom is -0.458 e. The Hall–Kier alpha value is -7.86. The van der Waals surface area contributed by atoms with Gasteiger partial charge >= 0.3 is 5.97 Å². The largest absolute Gasteiger partial charge is 0.458 e. The molecule has 0 radical (unpaired) electrons. The summed E-state index contributed by atoms with van der Waals surface area (Å²) in [6.45, 7) is 1.26. The van der Waals surface area contributed by atoms with Gasteiger partial charge in [-0.05, 0) is 42.2 Å². The molecule has 0 saturated carbocycles. The molecular weight excluding hydrogens is 1090 g/mol. The molecule has 26 nitrogen and oxygen atoms in total. The number of nitrogens with one attached hydrogen (secondary N) is 6. The van der Waals surface area contributed by atoms with Crippen molar-refractivity contribution in [2.45, 2.75) is 64.4 Å². The normalized spacial score (nSPS) is 15.7. The zero-order chi connectivity index (χ0) is 58.3. The number of aromatic nitrogens is 2. The summed E-state index contributed by atoms with van der Waals surface area (Å²) in [5, 5.41) is 23.9. The zero-order valence-corrected chi connectivity index (χ0v) is 45.2. The quantitative estimate of drug-likeness (QED) is 0.0115. The van der Waals surface area contributed by atoms with Crippen molar-refractivity contribution in [2.24, 2.45) is 0 Å². The van der Waals surface area contributed by atoms with Gasteiger partial charge in [-0.15, -0.1) is 0 Å². The van der Waals surface area contributed by atoms with E-state index in [1.165, 1.54) is 41.8 Å². The third-order valence-corrected chi connectivity index (χ3v) is 14.5. The molecule has 5 heterocycles. The number of cyclic esters (lactones) is 1. The Balaban J connectivity index is 0.799. The van der Waals surface area contributed by atoms with E-state index in [4.69, 9.17) is 23.7 Å². The van der Waals surface area contributed by atoms with Gasteiger partial charge in [-0.3, -0.25) is 43.3 Å². The lowest BCUT2D eigenvalue weighted by Crippen LogP contribution is -2.52. The highest BCUT2D eigenvalue weighted by Crippen LogP contribution is 2.40. The highest BCUT2D eigenvalue weighted by atomic mass is 32.2. The number of amides is 7. The van der Waals surface area contributed by atoms with Crippen molar-refractivity contribution in [1.29, 1.82) is 0 Å². The second-order valence-electron chi connectivity index (χ2n) is 18.8. The standard InChI is InChI=1S/C53H62FN9O17S/c1-3-53(73)38-23-42-49-36(29-63(42)51(71)37(38)30-80-52(53)72)35(34-21-32(2)39(54)24-40(34)61-49)25-59-81(74,75)20-19-79-31-58-45(66)27-57-50(70)41(22-33-7-5-4-6-8-33)60-46(67)28-56-44(65)26-55-43(64)11-13-76-15-17-78-18-16-77-14-12-62-47(68)9-10-48(62)69/h4-10,21,23-24,41,59,73H,3,11-20,22,25-31H2,1-2H3,(H,55,64)(H,56,65)(H,57,70)(H,58,66)(H,60,67)/t41-,53-/m0/s1. The van der Waals surface area contributed by atoms with E-state index in [1.54, 1.807) is 37.3 Å². The number of imide groups is 1. The van der Waals surface area contributed by atoms with E-state index < -0.39 is 101 Å². The van der Waals surface area contributed by atoms with Crippen LogP contribution in [0.4, 0.5) is 4.39 Å². The minimum atomic E-state index is -4.08. The summed E-state index contributed by atoms with van der Waals surface area (Å²) in [4.78, 5) is 119. The average molecular weight is 1150 g/mol. The lowest BCUT2D eigenvalue weighted by Gasteiger charge is -2.31. The Bertz CT molecular complexity index is 3250. The second-order valence-corrected chi connectivity index (χ2v) is 20.7. The highest BCUT2D eigenvalue weighted by molar-refractivity contribution is 7.89. The number of halogens is 1. The van der Waals surface area contributed by atoms with Crippen molar-refractivity contribution < 1.29 is 80.0 Å². The lowest BCUT2D eigenvalue weighted by molar-refractivity contribution is -0.172. The number of hydrogen-bond donors (Lipinski definition) is 7. The summed E-state index contributed by atoms with van der Waals surface area (Å²) in [5.41, 5.74) is 0.0448. The van der Waals surface area contributed by atoms with E-state index in [-0.39, 0.29) is 137 Å². The second kappa shape index (κ2) is 28.0. The predicted molar refractivity (Wildman–Crippen MR) is 283 cm³/mol. The highest BCUT2D eigenvalue weighted by Gasteiger charge is 2.45. The van der Waals surface area contributed by atoms with E-state index in [0.29, 0.717) is 22.1 Å². The molecule has 7 rings (SSSR count). The molecule has 0 saturated heterocycles. The van der Waals surface area contributed by atoms with Crippen molar-refractivity contribution in [3.63, 3.8) is 0 Å². The van der Waals surface area contributed by atoms with Crippen LogP contribution in [0.2, 0.25) is 0 Å². The number of esters is 1. The summed E-state index contributed by atoms with van der Waals surface area (Å²) in [7, 11) is -4.08. The molecule has 3 aliphatic heterocycles. The number of rotatable bonds is 31. The van der Waals surface area contributed by atoms with Crippen LogP contribution >= 0.6 is 0 Å². The molecule has 0 spiro atoms. The van der Waals surface area contributed by atoms with Gasteiger partial charge in [0, 0.05) is 54.1 Å². The fraction of sp³-hybridized carbons (Fsp3) is 0.434. The molecule has 2 atom stereocenters. The van der Waals surface area contributed by atoms with Crippen LogP contribution in [0.3, 0.4) is 0 Å². The summed E-state index contributed by atoms with van der Waals surface area (Å²) in [6.07, 6.45) is 2.26. The number of carbonyl (C=O) groups is 8. The van der Waals surface area contributed by atoms with Crippen molar-refractivity contribution in [1.82, 2.24) is 45.8 Å². The minimum absolute atomic E-state index is 0.0141. The molecule has 0 bridgehead atoms. The molecule has 2 aromatic carbocycles. The Morgan fingerprint density at radius 2 is 1.46 bits per heavy atom. The first-order valence-electron chi connectivity index (χ1n) is 25.8. The van der Waals surface area contributed by atoms with Crippen molar-refractivity contribution in [3.05, 3.63) is 110 Å². The first kappa shape index (κ1) is 60.8. The molecule has 4 aromatic rings. The summed E-state index contributed by atoms with van der Waals surface area (Å²) in [6, 6.07) is 11.7. The summed E-state index contributed by atoms with van der Waals surface area (Å²) in [5.74, 6) is -6.16. The molecule has 0 unspecified atom stereocenters. The van der Waals surface area contributed by atoms with Crippen LogP contribution in [0.15, 0.2) is 65.5 Å². The van der Waals surface area contributed by atoms with Crippen LogP contribution in [-0.2, 0) is 104 Å². The maximum Gasteiger partial charge on any atom is 0.343 e. The van der Waals surface area contributed by atoms with Crippen LogP contribution in [0.5, 0.6) is 0 Å². The van der Waals surface area contributed by atoms with Crippen molar-refractivity contribution >= 4 is 68.2 Å². The van der Waals surface area contributed by atoms with E-state index >= 15 is 0 Å². The first-order valence-corrected chi connectivity index (χ1v) is 27.5. The van der Waals surface area contributed by atoms with Crippen LogP contribution in [-0.4, -0.2) is 166 Å². The number of hydrogen-bond acceptors (Lipinski definition) is 18. The number of pyridine rings is 2. The number of nitrogens with zero attached hydrogens (tertiary/aromatic N) is 3. The van der Waals surface area contributed by atoms with Gasteiger partial charge < -0.3 is 59.9 Å². The third kappa shape index (κ3) is 16.0. The molecule has 28 heteroatoms. The number of carbonyl (C=O) groups excluding carboxylic acids is 8. The molecule has 7 N–H and O–H groups in total. The monoisotopic (exact) mass is 1150 g/mol. The fourth-order valence-electron chi connectivity index (χ4n) is 8.80. The van der Waals surface area contributed by atoms with Crippen LogP contribution < -0.4 is 36.9 Å². The average Bonchev–Trinajstić information content (AvgIpc) is 4.24. The SMILES string of the molecule is CC[C@@]1(O)C(=O)OCc2c1cc1n(c2=O)Cc2c-1nc1cc(F)c(C)cc1c2CNS(=O)(=O)CCOCNC(=O)CNC(=O)[C@H](Cc1ccccc1)NC(=O)CNC(=O)CNC(=O)CCOCCOCCOCCN1C(=O)C=CC1=O. The van der Waals surface area contributed by atoms with Gasteiger partial charge in [-0.2, -0.15) is 0 Å². The summed E-state index contributed by atoms with van der Waals surface area (Å²) >= 11 is 0. The molecular formula is C53H62FN9O17S. The van der Waals surface area contributed by atoms with Gasteiger partial charge in [-0.25, -0.2) is 27.3 Å². The lowest BCUT2D eigenvalue weighted by atomic mass is 9.86. The van der Waals surface area contributed by atoms with Crippen LogP contribution in [0.1, 0.15) is 53.1 Å². The number of sulfonamides is 1. The van der Waals surface area contributed by atoms with E-state index in [0.717, 1.165) is 4.90 Å². The van der Waals surface area contributed by atoms with E-state index in [1.807, 2.05) is 0 Å². The Kier molecular flexibility index (Phi) is 21.0. The maximum atomic E-state index is 14.9. The number of ether oxygens (including phenoxy) is 5. The predicted octanol–water partition coefficient (Wildman–Crippen LogP) is -1.52. The van der Waals surface area contributed by atoms with Crippen molar-refractivity contribution in [2.75, 3.05) is 84.9 Å². The van der Waals surface area contributed by atoms with Crippen molar-refractivity contribution in [3.8, 4) is 11.4 Å². The smallest absolute Gasteiger partial charge is 0.343 e. The number of aliphatic hydroxyl groups is 1. The maximum absolute atomic E-state index is 14.9. The molecule has 0 aliphatic carbocycles.